The van der Waals surface area contributed by atoms with Crippen LogP contribution < -0.4 is 5.32 Å². The van der Waals surface area contributed by atoms with Crippen LogP contribution in [-0.2, 0) is 16.1 Å². The van der Waals surface area contributed by atoms with Gasteiger partial charge in [-0.05, 0) is 37.9 Å². The molecule has 3 fully saturated rings. The van der Waals surface area contributed by atoms with E-state index in [0.29, 0.717) is 39.0 Å². The number of alkyl halides is 5. The molecule has 1 N–H and O–H groups in total. The van der Waals surface area contributed by atoms with E-state index in [1.54, 1.807) is 4.90 Å². The van der Waals surface area contributed by atoms with Crippen LogP contribution in [0.1, 0.15) is 24.8 Å². The van der Waals surface area contributed by atoms with Gasteiger partial charge in [-0.15, -0.1) is 0 Å². The summed E-state index contributed by atoms with van der Waals surface area (Å²) in [6.07, 6.45) is -5.37. The van der Waals surface area contributed by atoms with Crippen molar-refractivity contribution < 1.29 is 31.5 Å². The Morgan fingerprint density at radius 1 is 1.13 bits per heavy atom. The van der Waals surface area contributed by atoms with Gasteiger partial charge in [0, 0.05) is 25.0 Å². The van der Waals surface area contributed by atoms with E-state index >= 15 is 8.78 Å². The number of rotatable bonds is 4. The molecule has 0 radical (unpaired) electrons. The van der Waals surface area contributed by atoms with E-state index in [1.807, 2.05) is 30.3 Å². The molecule has 5 nitrogen and oxygen atoms in total. The van der Waals surface area contributed by atoms with Crippen molar-refractivity contribution in [2.24, 2.45) is 5.41 Å². The molecule has 2 atom stereocenters. The lowest BCUT2D eigenvalue weighted by Crippen LogP contribution is -2.75. The number of benzene rings is 1. The molecule has 0 aliphatic carbocycles. The van der Waals surface area contributed by atoms with Crippen LogP contribution in [0.2, 0.25) is 0 Å². The molecule has 0 bridgehead atoms. The van der Waals surface area contributed by atoms with Crippen LogP contribution >= 0.6 is 0 Å². The number of nitrogens with one attached hydrogen (secondary N) is 1. The number of piperidine rings is 2. The van der Waals surface area contributed by atoms with Crippen molar-refractivity contribution in [3.63, 3.8) is 0 Å². The minimum absolute atomic E-state index is 0.0915. The Kier molecular flexibility index (Phi) is 5.99. The number of carbonyl (C=O) groups is 1. The summed E-state index contributed by atoms with van der Waals surface area (Å²) >= 11 is 0. The maximum atomic E-state index is 15.1. The van der Waals surface area contributed by atoms with E-state index in [2.05, 4.69) is 5.32 Å². The van der Waals surface area contributed by atoms with Gasteiger partial charge in [-0.1, -0.05) is 30.3 Å². The first-order chi connectivity index (χ1) is 14.6. The smallest absolute Gasteiger partial charge is 0.439 e. The van der Waals surface area contributed by atoms with Gasteiger partial charge in [-0.3, -0.25) is 9.80 Å². The fourth-order valence-corrected chi connectivity index (χ4v) is 5.11. The largest absolute Gasteiger partial charge is 0.490 e. The Balaban J connectivity index is 1.47. The van der Waals surface area contributed by atoms with Crippen molar-refractivity contribution >= 4 is 5.97 Å². The molecule has 3 heterocycles. The van der Waals surface area contributed by atoms with Crippen LogP contribution in [0.25, 0.3) is 0 Å². The number of hydrogen-bond acceptors (Lipinski definition) is 5. The first kappa shape index (κ1) is 22.4. The van der Waals surface area contributed by atoms with E-state index in [4.69, 9.17) is 4.74 Å². The van der Waals surface area contributed by atoms with Crippen molar-refractivity contribution in [1.29, 1.82) is 0 Å². The lowest BCUT2D eigenvalue weighted by Gasteiger charge is -2.61. The number of halogens is 5. The Morgan fingerprint density at radius 2 is 1.81 bits per heavy atom. The fourth-order valence-electron chi connectivity index (χ4n) is 5.11. The number of likely N-dealkylation sites (tertiary alicyclic amines) is 2. The summed E-state index contributed by atoms with van der Waals surface area (Å²) in [6.45, 7) is 1.60. The van der Waals surface area contributed by atoms with E-state index in [9.17, 15) is 18.0 Å². The summed E-state index contributed by atoms with van der Waals surface area (Å²) in [5.74, 6) is -5.45. The van der Waals surface area contributed by atoms with Gasteiger partial charge in [0.25, 0.3) is 5.92 Å². The lowest BCUT2D eigenvalue weighted by molar-refractivity contribution is -0.285. The average Bonchev–Trinajstić information content (AvgIpc) is 2.71. The number of esters is 1. The topological polar surface area (TPSA) is 44.8 Å². The summed E-state index contributed by atoms with van der Waals surface area (Å²) in [5.41, 5.74) is 0.218. The quantitative estimate of drug-likeness (QED) is 0.568. The molecule has 1 aromatic carbocycles. The van der Waals surface area contributed by atoms with Gasteiger partial charge in [0.1, 0.15) is 0 Å². The minimum Gasteiger partial charge on any atom is -0.439 e. The van der Waals surface area contributed by atoms with Crippen molar-refractivity contribution in [2.45, 2.75) is 50.2 Å². The van der Waals surface area contributed by atoms with Crippen molar-refractivity contribution in [3.8, 4) is 0 Å². The zero-order valence-corrected chi connectivity index (χ0v) is 17.0. The summed E-state index contributed by atoms with van der Waals surface area (Å²) in [6, 6.07) is 8.02. The molecule has 31 heavy (non-hydrogen) atoms. The van der Waals surface area contributed by atoms with E-state index in [0.717, 1.165) is 5.56 Å². The number of carbonyl (C=O) groups excluding carboxylic acids is 1. The molecular weight excluding hydrogens is 421 g/mol. The molecule has 0 saturated carbocycles. The van der Waals surface area contributed by atoms with Crippen molar-refractivity contribution in [3.05, 3.63) is 35.9 Å². The molecule has 0 amide bonds. The third-order valence-corrected chi connectivity index (χ3v) is 6.66. The van der Waals surface area contributed by atoms with Crippen LogP contribution in [0.4, 0.5) is 22.0 Å². The second-order valence-electron chi connectivity index (χ2n) is 8.80. The van der Waals surface area contributed by atoms with Crippen LogP contribution in [0.5, 0.6) is 0 Å². The Bertz CT molecular complexity index is 783. The lowest BCUT2D eigenvalue weighted by atomic mass is 9.69. The van der Waals surface area contributed by atoms with Crippen molar-refractivity contribution in [2.75, 3.05) is 32.7 Å². The highest BCUT2D eigenvalue weighted by molar-refractivity contribution is 5.75. The summed E-state index contributed by atoms with van der Waals surface area (Å²) < 4.78 is 73.6. The molecule has 4 rings (SSSR count). The number of ether oxygens (including phenoxy) is 1. The SMILES string of the molecule is O=C(OC1N(C2CCN(Cc3ccccc3)CC2(F)F)CC12CCNCC2)C(F)(F)F. The predicted octanol–water partition coefficient (Wildman–Crippen LogP) is 3.01. The summed E-state index contributed by atoms with van der Waals surface area (Å²) in [4.78, 5) is 14.5. The first-order valence-electron chi connectivity index (χ1n) is 10.5. The fraction of sp³-hybridized carbons (Fsp3) is 0.667. The second kappa shape index (κ2) is 8.29. The maximum absolute atomic E-state index is 15.1. The van der Waals surface area contributed by atoms with Gasteiger partial charge >= 0.3 is 12.1 Å². The van der Waals surface area contributed by atoms with Crippen LogP contribution in [-0.4, -0.2) is 72.9 Å². The van der Waals surface area contributed by atoms with E-state index in [-0.39, 0.29) is 13.0 Å². The zero-order valence-electron chi connectivity index (χ0n) is 17.0. The Morgan fingerprint density at radius 3 is 2.42 bits per heavy atom. The first-order valence-corrected chi connectivity index (χ1v) is 10.5. The van der Waals surface area contributed by atoms with Gasteiger partial charge in [-0.2, -0.15) is 13.2 Å². The summed E-state index contributed by atoms with van der Waals surface area (Å²) in [5, 5.41) is 3.12. The zero-order chi connectivity index (χ0) is 22.3. The van der Waals surface area contributed by atoms with Gasteiger partial charge in [0.15, 0.2) is 6.23 Å². The Hall–Kier alpha value is -1.78. The summed E-state index contributed by atoms with van der Waals surface area (Å²) in [7, 11) is 0. The molecule has 1 aromatic rings. The molecule has 172 valence electrons. The molecule has 2 unspecified atom stereocenters. The molecular formula is C21H26F5N3O2. The average molecular weight is 447 g/mol. The van der Waals surface area contributed by atoms with E-state index < -0.39 is 42.3 Å². The third-order valence-electron chi connectivity index (χ3n) is 6.66. The van der Waals surface area contributed by atoms with Gasteiger partial charge in [0.2, 0.25) is 0 Å². The maximum Gasteiger partial charge on any atom is 0.490 e. The molecule has 0 aromatic heterocycles. The molecule has 1 spiro atoms. The molecule has 3 saturated heterocycles. The predicted molar refractivity (Wildman–Crippen MR) is 102 cm³/mol. The Labute approximate surface area is 177 Å². The second-order valence-corrected chi connectivity index (χ2v) is 8.80. The van der Waals surface area contributed by atoms with Crippen LogP contribution in [0.15, 0.2) is 30.3 Å². The highest BCUT2D eigenvalue weighted by Crippen LogP contribution is 2.50. The number of nitrogens with zero attached hydrogens (tertiary/aromatic N) is 2. The van der Waals surface area contributed by atoms with Gasteiger partial charge in [-0.25, -0.2) is 13.6 Å². The van der Waals surface area contributed by atoms with Crippen LogP contribution in [0, 0.1) is 5.41 Å². The molecule has 3 aliphatic heterocycles. The number of hydrogen-bond donors (Lipinski definition) is 1. The highest BCUT2D eigenvalue weighted by atomic mass is 19.4. The molecule has 10 heteroatoms. The minimum atomic E-state index is -5.16. The van der Waals surface area contributed by atoms with E-state index in [1.165, 1.54) is 4.90 Å². The third kappa shape index (κ3) is 4.56. The van der Waals surface area contributed by atoms with Crippen molar-refractivity contribution in [1.82, 2.24) is 15.1 Å². The van der Waals surface area contributed by atoms with Gasteiger partial charge in [0.05, 0.1) is 12.6 Å². The molecule has 3 aliphatic rings. The van der Waals surface area contributed by atoms with Crippen LogP contribution in [0.3, 0.4) is 0 Å². The van der Waals surface area contributed by atoms with Gasteiger partial charge < -0.3 is 10.1 Å². The monoisotopic (exact) mass is 447 g/mol. The standard InChI is InChI=1S/C21H26F5N3O2/c22-20(23)14-28(12-15-4-2-1-3-5-15)11-6-16(20)29-13-19(7-9-27-10-8-19)17(29)31-18(30)21(24,25)26/h1-5,16-17,27H,6-14H2. The normalized spacial score (nSPS) is 28.8. The highest BCUT2D eigenvalue weighted by Gasteiger charge is 2.63.